The fraction of sp³-hybridized carbons (Fsp3) is 0.200. The summed E-state index contributed by atoms with van der Waals surface area (Å²) >= 11 is 5.93. The van der Waals surface area contributed by atoms with Crippen LogP contribution in [0.15, 0.2) is 12.1 Å². The first-order valence-electron chi connectivity index (χ1n) is 4.15. The van der Waals surface area contributed by atoms with Crippen molar-refractivity contribution in [3.8, 4) is 6.07 Å². The predicted molar refractivity (Wildman–Crippen MR) is 55.4 cm³/mol. The van der Waals surface area contributed by atoms with Crippen molar-refractivity contribution in [1.82, 2.24) is 0 Å². The fourth-order valence-corrected chi connectivity index (χ4v) is 1.49. The quantitative estimate of drug-likeness (QED) is 0.772. The summed E-state index contributed by atoms with van der Waals surface area (Å²) in [5, 5.41) is 8.99. The number of carbonyl (C=O) groups excluding carboxylic acids is 1. The molecule has 0 saturated carbocycles. The summed E-state index contributed by atoms with van der Waals surface area (Å²) in [5.41, 5.74) is 6.30. The molecule has 0 aromatic heterocycles. The number of nitrogens with two attached hydrogens (primary N) is 1. The summed E-state index contributed by atoms with van der Waals surface area (Å²) in [6, 6.07) is 5.00. The number of nitrogens with zero attached hydrogens (tertiary/aromatic N) is 1. The maximum atomic E-state index is 11.4. The van der Waals surface area contributed by atoms with E-state index in [4.69, 9.17) is 22.6 Å². The van der Waals surface area contributed by atoms with Crippen LogP contribution in [0.25, 0.3) is 0 Å². The van der Waals surface area contributed by atoms with Crippen LogP contribution in [-0.4, -0.2) is 13.1 Å². The van der Waals surface area contributed by atoms with Gasteiger partial charge in [0.2, 0.25) is 0 Å². The van der Waals surface area contributed by atoms with E-state index in [1.807, 2.05) is 6.07 Å². The first kappa shape index (κ1) is 11.5. The molecule has 0 radical (unpaired) electrons. The number of halogens is 1. The van der Waals surface area contributed by atoms with Crippen molar-refractivity contribution in [2.24, 2.45) is 5.73 Å². The molecule has 78 valence electrons. The molecule has 0 fully saturated rings. The molecular formula is C10H9ClN2O2. The van der Waals surface area contributed by atoms with Crippen molar-refractivity contribution in [3.63, 3.8) is 0 Å². The number of methoxy groups -OCH3 is 1. The Kier molecular flexibility index (Phi) is 3.67. The van der Waals surface area contributed by atoms with Gasteiger partial charge < -0.3 is 10.5 Å². The van der Waals surface area contributed by atoms with Crippen LogP contribution in [0, 0.1) is 11.3 Å². The van der Waals surface area contributed by atoms with Gasteiger partial charge in [-0.2, -0.15) is 5.26 Å². The molecule has 5 heteroatoms. The van der Waals surface area contributed by atoms with E-state index >= 15 is 0 Å². The number of hydrogen-bond donors (Lipinski definition) is 1. The smallest absolute Gasteiger partial charge is 0.340 e. The van der Waals surface area contributed by atoms with Gasteiger partial charge in [0.15, 0.2) is 0 Å². The van der Waals surface area contributed by atoms with Crippen LogP contribution in [0.4, 0.5) is 0 Å². The summed E-state index contributed by atoms with van der Waals surface area (Å²) in [6.07, 6.45) is 0. The van der Waals surface area contributed by atoms with Gasteiger partial charge in [-0.3, -0.25) is 0 Å². The lowest BCUT2D eigenvalue weighted by Gasteiger charge is -2.07. The average Bonchev–Trinajstić information content (AvgIpc) is 2.27. The van der Waals surface area contributed by atoms with Crippen molar-refractivity contribution in [2.75, 3.05) is 7.11 Å². The highest BCUT2D eigenvalue weighted by molar-refractivity contribution is 6.34. The van der Waals surface area contributed by atoms with Gasteiger partial charge in [-0.25, -0.2) is 4.79 Å². The molecule has 0 spiro atoms. The molecular weight excluding hydrogens is 216 g/mol. The number of rotatable bonds is 2. The third-order valence-electron chi connectivity index (χ3n) is 1.95. The van der Waals surface area contributed by atoms with E-state index in [2.05, 4.69) is 4.74 Å². The molecule has 0 aliphatic rings. The maximum Gasteiger partial charge on any atom is 0.340 e. The van der Waals surface area contributed by atoms with Crippen molar-refractivity contribution < 1.29 is 9.53 Å². The molecule has 0 aliphatic carbocycles. The molecule has 0 unspecified atom stereocenters. The van der Waals surface area contributed by atoms with E-state index in [9.17, 15) is 4.79 Å². The molecule has 0 amide bonds. The third-order valence-corrected chi connectivity index (χ3v) is 2.38. The number of carbonyl (C=O) groups is 1. The van der Waals surface area contributed by atoms with Gasteiger partial charge in [0.1, 0.15) is 6.07 Å². The number of nitriles is 1. The predicted octanol–water partition coefficient (Wildman–Crippen LogP) is 1.46. The second kappa shape index (κ2) is 4.78. The van der Waals surface area contributed by atoms with Crippen LogP contribution in [-0.2, 0) is 11.3 Å². The van der Waals surface area contributed by atoms with Crippen molar-refractivity contribution >= 4 is 17.6 Å². The molecule has 0 bridgehead atoms. The third kappa shape index (κ3) is 2.09. The highest BCUT2D eigenvalue weighted by atomic mass is 35.5. The first-order valence-corrected chi connectivity index (χ1v) is 4.53. The minimum Gasteiger partial charge on any atom is -0.465 e. The molecule has 4 nitrogen and oxygen atoms in total. The van der Waals surface area contributed by atoms with E-state index < -0.39 is 5.97 Å². The molecule has 1 rings (SSSR count). The SMILES string of the molecule is COC(=O)c1c(C#N)ccc(CN)c1Cl. The zero-order valence-corrected chi connectivity index (χ0v) is 8.84. The lowest BCUT2D eigenvalue weighted by Crippen LogP contribution is -2.08. The maximum absolute atomic E-state index is 11.4. The zero-order chi connectivity index (χ0) is 11.4. The van der Waals surface area contributed by atoms with Gasteiger partial charge in [0.25, 0.3) is 0 Å². The Hall–Kier alpha value is -1.57. The summed E-state index contributed by atoms with van der Waals surface area (Å²) in [5.74, 6) is -0.633. The summed E-state index contributed by atoms with van der Waals surface area (Å²) in [6.45, 7) is 0.203. The largest absolute Gasteiger partial charge is 0.465 e. The number of ether oxygens (including phenoxy) is 1. The van der Waals surface area contributed by atoms with Gasteiger partial charge in [-0.05, 0) is 11.6 Å². The standard InChI is InChI=1S/C10H9ClN2O2/c1-15-10(14)8-6(4-12)2-3-7(5-13)9(8)11/h2-3H,5,13H2,1H3. The van der Waals surface area contributed by atoms with Gasteiger partial charge in [0.05, 0.1) is 23.3 Å². The van der Waals surface area contributed by atoms with Crippen molar-refractivity contribution in [3.05, 3.63) is 33.8 Å². The Morgan fingerprint density at radius 1 is 1.67 bits per heavy atom. The Morgan fingerprint density at radius 2 is 2.33 bits per heavy atom. The Morgan fingerprint density at radius 3 is 2.80 bits per heavy atom. The van der Waals surface area contributed by atoms with Crippen LogP contribution in [0.5, 0.6) is 0 Å². The van der Waals surface area contributed by atoms with E-state index in [1.165, 1.54) is 13.2 Å². The minimum absolute atomic E-state index is 0.0737. The summed E-state index contributed by atoms with van der Waals surface area (Å²) < 4.78 is 4.54. The normalized spacial score (nSPS) is 9.47. The molecule has 1 aromatic carbocycles. The van der Waals surface area contributed by atoms with Crippen LogP contribution in [0.2, 0.25) is 5.02 Å². The van der Waals surface area contributed by atoms with E-state index in [0.29, 0.717) is 5.56 Å². The van der Waals surface area contributed by atoms with Gasteiger partial charge in [0, 0.05) is 6.54 Å². The number of hydrogen-bond acceptors (Lipinski definition) is 4. The van der Waals surface area contributed by atoms with Crippen LogP contribution < -0.4 is 5.73 Å². The van der Waals surface area contributed by atoms with Gasteiger partial charge in [-0.1, -0.05) is 17.7 Å². The molecule has 0 heterocycles. The van der Waals surface area contributed by atoms with Crippen LogP contribution in [0.1, 0.15) is 21.5 Å². The Bertz CT molecular complexity index is 438. The molecule has 1 aromatic rings. The summed E-state index contributed by atoms with van der Waals surface area (Å²) in [7, 11) is 1.23. The lowest BCUT2D eigenvalue weighted by atomic mass is 10.0. The number of benzene rings is 1. The zero-order valence-electron chi connectivity index (χ0n) is 8.08. The van der Waals surface area contributed by atoms with Crippen LogP contribution >= 0.6 is 11.6 Å². The van der Waals surface area contributed by atoms with Gasteiger partial charge >= 0.3 is 5.97 Å². The summed E-state index contributed by atoms with van der Waals surface area (Å²) in [4.78, 5) is 11.4. The molecule has 0 atom stereocenters. The van der Waals surface area contributed by atoms with E-state index in [0.717, 1.165) is 0 Å². The monoisotopic (exact) mass is 224 g/mol. The first-order chi connectivity index (χ1) is 7.15. The van der Waals surface area contributed by atoms with Crippen molar-refractivity contribution in [2.45, 2.75) is 6.54 Å². The average molecular weight is 225 g/mol. The second-order valence-electron chi connectivity index (χ2n) is 2.77. The number of esters is 1. The lowest BCUT2D eigenvalue weighted by molar-refractivity contribution is 0.0600. The topological polar surface area (TPSA) is 76.1 Å². The fourth-order valence-electron chi connectivity index (χ4n) is 1.17. The molecule has 0 aliphatic heterocycles. The van der Waals surface area contributed by atoms with Gasteiger partial charge in [-0.15, -0.1) is 0 Å². The minimum atomic E-state index is -0.633. The Balaban J connectivity index is 3.44. The molecule has 15 heavy (non-hydrogen) atoms. The highest BCUT2D eigenvalue weighted by Gasteiger charge is 2.18. The highest BCUT2D eigenvalue weighted by Crippen LogP contribution is 2.24. The van der Waals surface area contributed by atoms with Crippen LogP contribution in [0.3, 0.4) is 0 Å². The Labute approximate surface area is 92.2 Å². The molecule has 2 N–H and O–H groups in total. The second-order valence-corrected chi connectivity index (χ2v) is 3.15. The molecule has 0 saturated heterocycles. The van der Waals surface area contributed by atoms with E-state index in [1.54, 1.807) is 6.07 Å². The van der Waals surface area contributed by atoms with E-state index in [-0.39, 0.29) is 22.7 Å². The van der Waals surface area contributed by atoms with Crippen molar-refractivity contribution in [1.29, 1.82) is 5.26 Å².